The average molecular weight is 710 g/mol. The van der Waals surface area contributed by atoms with Gasteiger partial charge in [-0.2, -0.15) is 0 Å². The van der Waals surface area contributed by atoms with E-state index in [9.17, 15) is 29.1 Å². The maximum Gasteiger partial charge on any atom is 0.408 e. The lowest BCUT2D eigenvalue weighted by Crippen LogP contribution is -2.61. The number of benzene rings is 4. The number of nitrogens with one attached hydrogen (secondary N) is 5. The first-order valence-corrected chi connectivity index (χ1v) is 16.7. The summed E-state index contributed by atoms with van der Waals surface area (Å²) >= 11 is 0. The Labute approximate surface area is 302 Å². The highest BCUT2D eigenvalue weighted by molar-refractivity contribution is 5.94. The summed E-state index contributed by atoms with van der Waals surface area (Å²) in [6.07, 6.45) is -2.17. The van der Waals surface area contributed by atoms with Crippen molar-refractivity contribution in [2.24, 2.45) is 0 Å². The standard InChI is InChI=1S/C39H43N5O8/c1-26(45)35(38(49)44-43-27(2)46)42-37(48)33(23-29-18-20-32(21-19-29)51-24-30-14-8-4-9-15-30)40-36(47)34(22-28-12-6-3-7-13-28)41-39(50)52-25-31-16-10-5-11-17-31/h3-21,26,33-35,45H,22-25H2,1-2H3,(H,40,47)(H,41,50)(H,42,48)(H,43,46)(H,44,49)/t26-,33+,34-,35-/m1/s1. The van der Waals surface area contributed by atoms with E-state index in [1.54, 1.807) is 60.7 Å². The molecule has 4 rings (SSSR count). The average Bonchev–Trinajstić information content (AvgIpc) is 3.15. The molecule has 0 aliphatic carbocycles. The molecule has 0 saturated heterocycles. The molecule has 13 heteroatoms. The van der Waals surface area contributed by atoms with Crippen LogP contribution in [0.15, 0.2) is 115 Å². The number of alkyl carbamates (subject to hydrolysis) is 1. The fourth-order valence-corrected chi connectivity index (χ4v) is 5.03. The minimum Gasteiger partial charge on any atom is -0.489 e. The summed E-state index contributed by atoms with van der Waals surface area (Å²) in [5.74, 6) is -2.35. The van der Waals surface area contributed by atoms with Crippen LogP contribution in [0.25, 0.3) is 0 Å². The van der Waals surface area contributed by atoms with Crippen molar-refractivity contribution >= 4 is 29.7 Å². The summed E-state index contributed by atoms with van der Waals surface area (Å²) in [7, 11) is 0. The van der Waals surface area contributed by atoms with E-state index in [1.807, 2.05) is 54.6 Å². The van der Waals surface area contributed by atoms with Crippen molar-refractivity contribution in [3.63, 3.8) is 0 Å². The van der Waals surface area contributed by atoms with E-state index in [4.69, 9.17) is 9.47 Å². The zero-order chi connectivity index (χ0) is 37.3. The first-order chi connectivity index (χ1) is 25.1. The summed E-state index contributed by atoms with van der Waals surface area (Å²) in [5.41, 5.74) is 7.39. The number of hydrazine groups is 1. The van der Waals surface area contributed by atoms with Gasteiger partial charge in [0, 0.05) is 19.8 Å². The molecule has 0 aromatic heterocycles. The Hall–Kier alpha value is -6.21. The number of aliphatic hydroxyl groups excluding tert-OH is 1. The quantitative estimate of drug-likeness (QED) is 0.0960. The Balaban J connectivity index is 1.53. The van der Waals surface area contributed by atoms with Crippen LogP contribution < -0.4 is 31.5 Å². The van der Waals surface area contributed by atoms with Crippen LogP contribution in [0, 0.1) is 0 Å². The molecule has 0 aliphatic heterocycles. The molecule has 4 atom stereocenters. The number of hydrogen-bond donors (Lipinski definition) is 6. The smallest absolute Gasteiger partial charge is 0.408 e. The molecule has 4 aromatic carbocycles. The molecule has 0 radical (unpaired) electrons. The second-order valence-corrected chi connectivity index (χ2v) is 12.0. The Morgan fingerprint density at radius 1 is 0.577 bits per heavy atom. The number of hydrogen-bond acceptors (Lipinski definition) is 8. The van der Waals surface area contributed by atoms with Crippen molar-refractivity contribution in [1.82, 2.24) is 26.8 Å². The van der Waals surface area contributed by atoms with Gasteiger partial charge in [0.1, 0.15) is 37.1 Å². The van der Waals surface area contributed by atoms with Gasteiger partial charge < -0.3 is 30.5 Å². The van der Waals surface area contributed by atoms with Gasteiger partial charge in [0.2, 0.25) is 17.7 Å². The van der Waals surface area contributed by atoms with Crippen molar-refractivity contribution in [3.8, 4) is 5.75 Å². The topological polar surface area (TPSA) is 184 Å². The molecule has 6 N–H and O–H groups in total. The molecule has 13 nitrogen and oxygen atoms in total. The van der Waals surface area contributed by atoms with Gasteiger partial charge in [-0.15, -0.1) is 0 Å². The van der Waals surface area contributed by atoms with Crippen LogP contribution >= 0.6 is 0 Å². The summed E-state index contributed by atoms with van der Waals surface area (Å²) in [6, 6.07) is 30.7. The number of aliphatic hydroxyl groups is 1. The van der Waals surface area contributed by atoms with Gasteiger partial charge >= 0.3 is 6.09 Å². The Morgan fingerprint density at radius 2 is 1.06 bits per heavy atom. The maximum absolute atomic E-state index is 13.9. The van der Waals surface area contributed by atoms with E-state index in [2.05, 4.69) is 26.8 Å². The van der Waals surface area contributed by atoms with Gasteiger partial charge in [0.05, 0.1) is 6.10 Å². The Kier molecular flexibility index (Phi) is 14.7. The predicted molar refractivity (Wildman–Crippen MR) is 192 cm³/mol. The fourth-order valence-electron chi connectivity index (χ4n) is 5.03. The van der Waals surface area contributed by atoms with Crippen molar-refractivity contribution in [2.45, 2.75) is 64.1 Å². The van der Waals surface area contributed by atoms with Gasteiger partial charge in [-0.25, -0.2) is 4.79 Å². The second-order valence-electron chi connectivity index (χ2n) is 12.0. The fraction of sp³-hybridized carbons (Fsp3) is 0.256. The summed E-state index contributed by atoms with van der Waals surface area (Å²) in [6.45, 7) is 2.80. The van der Waals surface area contributed by atoms with Gasteiger partial charge in [-0.3, -0.25) is 30.0 Å². The molecule has 0 bridgehead atoms. The monoisotopic (exact) mass is 709 g/mol. The number of amides is 5. The maximum atomic E-state index is 13.9. The highest BCUT2D eigenvalue weighted by atomic mass is 16.5. The molecular formula is C39H43N5O8. The van der Waals surface area contributed by atoms with Crippen LogP contribution in [0.3, 0.4) is 0 Å². The van der Waals surface area contributed by atoms with Crippen LogP contribution in [0.2, 0.25) is 0 Å². The zero-order valence-corrected chi connectivity index (χ0v) is 28.9. The summed E-state index contributed by atoms with van der Waals surface area (Å²) in [5, 5.41) is 18.2. The molecule has 5 amide bonds. The molecule has 0 fully saturated rings. The minimum absolute atomic E-state index is 0.0241. The Morgan fingerprint density at radius 3 is 1.60 bits per heavy atom. The highest BCUT2D eigenvalue weighted by Crippen LogP contribution is 2.16. The Bertz CT molecular complexity index is 1760. The number of ether oxygens (including phenoxy) is 2. The highest BCUT2D eigenvalue weighted by Gasteiger charge is 2.32. The third-order valence-electron chi connectivity index (χ3n) is 7.77. The van der Waals surface area contributed by atoms with Gasteiger partial charge in [0.25, 0.3) is 5.91 Å². The number of carbonyl (C=O) groups excluding carboxylic acids is 5. The van der Waals surface area contributed by atoms with Crippen LogP contribution in [-0.2, 0) is 50.0 Å². The van der Waals surface area contributed by atoms with Crippen molar-refractivity contribution < 1.29 is 38.6 Å². The van der Waals surface area contributed by atoms with E-state index in [-0.39, 0.29) is 19.4 Å². The molecule has 0 aliphatic rings. The molecule has 0 unspecified atom stereocenters. The predicted octanol–water partition coefficient (Wildman–Crippen LogP) is 2.86. The second kappa shape index (κ2) is 19.8. The third-order valence-corrected chi connectivity index (χ3v) is 7.77. The third kappa shape index (κ3) is 12.9. The zero-order valence-electron chi connectivity index (χ0n) is 28.9. The first kappa shape index (κ1) is 38.6. The molecular weight excluding hydrogens is 666 g/mol. The SMILES string of the molecule is CC(=O)NNC(=O)[C@H](NC(=O)[C@H](Cc1ccc(OCc2ccccc2)cc1)NC(=O)[C@@H](Cc1ccccc1)NC(=O)OCc1ccccc1)[C@@H](C)O. The van der Waals surface area contributed by atoms with Crippen molar-refractivity contribution in [3.05, 3.63) is 138 Å². The number of carbonyl (C=O) groups is 5. The van der Waals surface area contributed by atoms with Crippen LogP contribution in [-0.4, -0.2) is 59.1 Å². The van der Waals surface area contributed by atoms with E-state index >= 15 is 0 Å². The molecule has 4 aromatic rings. The van der Waals surface area contributed by atoms with Crippen LogP contribution in [0.4, 0.5) is 4.79 Å². The van der Waals surface area contributed by atoms with Crippen molar-refractivity contribution in [1.29, 1.82) is 0 Å². The van der Waals surface area contributed by atoms with Crippen LogP contribution in [0.1, 0.15) is 36.1 Å². The first-order valence-electron chi connectivity index (χ1n) is 16.7. The normalized spacial score (nSPS) is 12.9. The van der Waals surface area contributed by atoms with E-state index in [1.165, 1.54) is 13.8 Å². The molecule has 0 saturated carbocycles. The van der Waals surface area contributed by atoms with Gasteiger partial charge in [0.15, 0.2) is 0 Å². The minimum atomic E-state index is -1.49. The van der Waals surface area contributed by atoms with E-state index < -0.39 is 54.0 Å². The molecule has 52 heavy (non-hydrogen) atoms. The molecule has 272 valence electrons. The van der Waals surface area contributed by atoms with Gasteiger partial charge in [-0.05, 0) is 41.3 Å². The lowest BCUT2D eigenvalue weighted by molar-refractivity contribution is -0.135. The largest absolute Gasteiger partial charge is 0.489 e. The molecule has 0 heterocycles. The summed E-state index contributed by atoms with van der Waals surface area (Å²) in [4.78, 5) is 64.7. The lowest BCUT2D eigenvalue weighted by Gasteiger charge is -2.26. The van der Waals surface area contributed by atoms with E-state index in [0.717, 1.165) is 16.7 Å². The van der Waals surface area contributed by atoms with Crippen LogP contribution in [0.5, 0.6) is 5.75 Å². The van der Waals surface area contributed by atoms with Crippen molar-refractivity contribution in [2.75, 3.05) is 0 Å². The lowest BCUT2D eigenvalue weighted by atomic mass is 10.0. The number of rotatable bonds is 16. The van der Waals surface area contributed by atoms with Gasteiger partial charge in [-0.1, -0.05) is 103 Å². The van der Waals surface area contributed by atoms with E-state index in [0.29, 0.717) is 17.9 Å². The summed E-state index contributed by atoms with van der Waals surface area (Å²) < 4.78 is 11.3. The molecule has 0 spiro atoms.